The van der Waals surface area contributed by atoms with Crippen molar-refractivity contribution in [3.63, 3.8) is 0 Å². The van der Waals surface area contributed by atoms with Crippen molar-refractivity contribution in [1.82, 2.24) is 0 Å². The third kappa shape index (κ3) is 3.22. The summed E-state index contributed by atoms with van der Waals surface area (Å²) in [4.78, 5) is 11.9. The second kappa shape index (κ2) is 5.71. The molecule has 0 aromatic heterocycles. The Balaban J connectivity index is 2.97. The first-order valence-electron chi connectivity index (χ1n) is 5.93. The summed E-state index contributed by atoms with van der Waals surface area (Å²) in [5, 5.41) is 0. The summed E-state index contributed by atoms with van der Waals surface area (Å²) in [6.45, 7) is 8.47. The van der Waals surface area contributed by atoms with Crippen LogP contribution in [-0.2, 0) is 14.9 Å². The third-order valence-electron chi connectivity index (χ3n) is 2.65. The summed E-state index contributed by atoms with van der Waals surface area (Å²) in [5.74, 6) is 0.566. The molecular formula is C14H20O3. The van der Waals surface area contributed by atoms with Crippen LogP contribution in [0.3, 0.4) is 0 Å². The number of ether oxygens (including phenoxy) is 2. The van der Waals surface area contributed by atoms with Crippen molar-refractivity contribution in [3.8, 4) is 5.75 Å². The molecule has 94 valence electrons. The van der Waals surface area contributed by atoms with Crippen LogP contribution in [-0.4, -0.2) is 19.2 Å². The van der Waals surface area contributed by atoms with Gasteiger partial charge in [0.25, 0.3) is 0 Å². The molecule has 1 aromatic carbocycles. The Hall–Kier alpha value is -1.51. The van der Waals surface area contributed by atoms with Gasteiger partial charge in [-0.1, -0.05) is 12.1 Å². The van der Waals surface area contributed by atoms with Crippen LogP contribution in [0.5, 0.6) is 5.75 Å². The van der Waals surface area contributed by atoms with Crippen molar-refractivity contribution in [3.05, 3.63) is 29.8 Å². The van der Waals surface area contributed by atoms with Gasteiger partial charge in [0.2, 0.25) is 0 Å². The molecule has 1 aromatic rings. The van der Waals surface area contributed by atoms with E-state index in [-0.39, 0.29) is 5.97 Å². The van der Waals surface area contributed by atoms with Crippen LogP contribution in [0.2, 0.25) is 0 Å². The van der Waals surface area contributed by atoms with E-state index in [1.165, 1.54) is 0 Å². The lowest BCUT2D eigenvalue weighted by Crippen LogP contribution is -2.31. The van der Waals surface area contributed by atoms with E-state index in [0.29, 0.717) is 13.2 Å². The number of carbonyl (C=O) groups is 1. The van der Waals surface area contributed by atoms with Crippen LogP contribution in [0.15, 0.2) is 24.3 Å². The molecule has 0 fully saturated rings. The molecule has 0 spiro atoms. The number of rotatable bonds is 5. The Morgan fingerprint density at radius 1 is 1.24 bits per heavy atom. The molecule has 0 saturated heterocycles. The van der Waals surface area contributed by atoms with Crippen molar-refractivity contribution in [2.75, 3.05) is 13.2 Å². The minimum atomic E-state index is -0.650. The fourth-order valence-corrected chi connectivity index (χ4v) is 1.57. The molecule has 0 unspecified atom stereocenters. The zero-order valence-electron chi connectivity index (χ0n) is 10.9. The summed E-state index contributed by atoms with van der Waals surface area (Å²) in [6.07, 6.45) is 0. The monoisotopic (exact) mass is 236 g/mol. The SMILES string of the molecule is CCOC(=O)C(C)(C)c1cccc(OCC)c1. The molecule has 0 atom stereocenters. The Morgan fingerprint density at radius 3 is 2.53 bits per heavy atom. The normalized spacial score (nSPS) is 11.1. The maximum atomic E-state index is 11.9. The molecule has 0 amide bonds. The fraction of sp³-hybridized carbons (Fsp3) is 0.500. The quantitative estimate of drug-likeness (QED) is 0.737. The van der Waals surface area contributed by atoms with Gasteiger partial charge in [0.05, 0.1) is 18.6 Å². The topological polar surface area (TPSA) is 35.5 Å². The molecule has 0 saturated carbocycles. The zero-order chi connectivity index (χ0) is 12.9. The van der Waals surface area contributed by atoms with Crippen molar-refractivity contribution in [2.24, 2.45) is 0 Å². The molecule has 3 nitrogen and oxygen atoms in total. The lowest BCUT2D eigenvalue weighted by Gasteiger charge is -2.23. The van der Waals surface area contributed by atoms with Crippen LogP contribution in [0.25, 0.3) is 0 Å². The van der Waals surface area contributed by atoms with Crippen LogP contribution in [0, 0.1) is 0 Å². The van der Waals surface area contributed by atoms with E-state index < -0.39 is 5.41 Å². The van der Waals surface area contributed by atoms with Gasteiger partial charge in [-0.3, -0.25) is 4.79 Å². The smallest absolute Gasteiger partial charge is 0.315 e. The molecule has 0 heterocycles. The second-order valence-electron chi connectivity index (χ2n) is 4.31. The van der Waals surface area contributed by atoms with Crippen molar-refractivity contribution < 1.29 is 14.3 Å². The first-order chi connectivity index (χ1) is 8.02. The summed E-state index contributed by atoms with van der Waals surface area (Å²) in [6, 6.07) is 7.58. The lowest BCUT2D eigenvalue weighted by atomic mass is 9.84. The van der Waals surface area contributed by atoms with Gasteiger partial charge in [-0.25, -0.2) is 0 Å². The van der Waals surface area contributed by atoms with E-state index in [1.807, 2.05) is 52.0 Å². The average molecular weight is 236 g/mol. The number of benzene rings is 1. The summed E-state index contributed by atoms with van der Waals surface area (Å²) in [7, 11) is 0. The largest absolute Gasteiger partial charge is 0.494 e. The fourth-order valence-electron chi connectivity index (χ4n) is 1.57. The molecule has 0 aliphatic rings. The number of carbonyl (C=O) groups excluding carboxylic acids is 1. The molecule has 3 heteroatoms. The average Bonchev–Trinajstić information content (AvgIpc) is 2.30. The van der Waals surface area contributed by atoms with E-state index in [9.17, 15) is 4.79 Å². The molecule has 0 aliphatic carbocycles. The molecule has 0 bridgehead atoms. The van der Waals surface area contributed by atoms with E-state index in [1.54, 1.807) is 0 Å². The molecule has 0 radical (unpaired) electrons. The van der Waals surface area contributed by atoms with Crippen LogP contribution >= 0.6 is 0 Å². The van der Waals surface area contributed by atoms with Gasteiger partial charge in [-0.15, -0.1) is 0 Å². The van der Waals surface area contributed by atoms with Crippen molar-refractivity contribution >= 4 is 5.97 Å². The Kier molecular flexibility index (Phi) is 4.55. The number of esters is 1. The predicted octanol–water partition coefficient (Wildman–Crippen LogP) is 2.93. The Morgan fingerprint density at radius 2 is 1.94 bits per heavy atom. The number of hydrogen-bond acceptors (Lipinski definition) is 3. The van der Waals surface area contributed by atoms with E-state index in [2.05, 4.69) is 0 Å². The third-order valence-corrected chi connectivity index (χ3v) is 2.65. The van der Waals surface area contributed by atoms with Gasteiger partial charge >= 0.3 is 5.97 Å². The molecule has 0 aliphatic heterocycles. The highest BCUT2D eigenvalue weighted by atomic mass is 16.5. The first-order valence-corrected chi connectivity index (χ1v) is 5.93. The van der Waals surface area contributed by atoms with Gasteiger partial charge in [0.15, 0.2) is 0 Å². The second-order valence-corrected chi connectivity index (χ2v) is 4.31. The van der Waals surface area contributed by atoms with Gasteiger partial charge < -0.3 is 9.47 Å². The van der Waals surface area contributed by atoms with Gasteiger partial charge in [0, 0.05) is 0 Å². The van der Waals surface area contributed by atoms with Crippen molar-refractivity contribution in [1.29, 1.82) is 0 Å². The molecular weight excluding hydrogens is 216 g/mol. The Bertz CT molecular complexity index is 383. The minimum Gasteiger partial charge on any atom is -0.494 e. The highest BCUT2D eigenvalue weighted by molar-refractivity contribution is 5.82. The van der Waals surface area contributed by atoms with Gasteiger partial charge in [0.1, 0.15) is 5.75 Å². The molecule has 0 N–H and O–H groups in total. The van der Waals surface area contributed by atoms with Gasteiger partial charge in [-0.2, -0.15) is 0 Å². The van der Waals surface area contributed by atoms with E-state index >= 15 is 0 Å². The summed E-state index contributed by atoms with van der Waals surface area (Å²) < 4.78 is 10.5. The number of hydrogen-bond donors (Lipinski definition) is 0. The summed E-state index contributed by atoms with van der Waals surface area (Å²) >= 11 is 0. The van der Waals surface area contributed by atoms with E-state index in [4.69, 9.17) is 9.47 Å². The standard InChI is InChI=1S/C14H20O3/c1-5-16-12-9-7-8-11(10-12)14(3,4)13(15)17-6-2/h7-10H,5-6H2,1-4H3. The van der Waals surface area contributed by atoms with Crippen molar-refractivity contribution in [2.45, 2.75) is 33.1 Å². The van der Waals surface area contributed by atoms with Crippen LogP contribution in [0.1, 0.15) is 33.3 Å². The highest BCUT2D eigenvalue weighted by Crippen LogP contribution is 2.27. The van der Waals surface area contributed by atoms with E-state index in [0.717, 1.165) is 11.3 Å². The summed E-state index contributed by atoms with van der Waals surface area (Å²) in [5.41, 5.74) is 0.255. The highest BCUT2D eigenvalue weighted by Gasteiger charge is 2.31. The zero-order valence-corrected chi connectivity index (χ0v) is 10.9. The first kappa shape index (κ1) is 13.6. The van der Waals surface area contributed by atoms with Gasteiger partial charge in [-0.05, 0) is 45.4 Å². The molecule has 1 rings (SSSR count). The maximum Gasteiger partial charge on any atom is 0.315 e. The van der Waals surface area contributed by atoms with Crippen LogP contribution in [0.4, 0.5) is 0 Å². The van der Waals surface area contributed by atoms with Crippen LogP contribution < -0.4 is 4.74 Å². The Labute approximate surface area is 103 Å². The minimum absolute atomic E-state index is 0.214. The molecule has 17 heavy (non-hydrogen) atoms. The predicted molar refractivity (Wildman–Crippen MR) is 67.3 cm³/mol. The maximum absolute atomic E-state index is 11.9. The lowest BCUT2D eigenvalue weighted by molar-refractivity contribution is -0.148.